The van der Waals surface area contributed by atoms with E-state index in [1.807, 2.05) is 0 Å². The predicted molar refractivity (Wildman–Crippen MR) is 65.1 cm³/mol. The first kappa shape index (κ1) is 14.2. The fourth-order valence-electron chi connectivity index (χ4n) is 1.42. The number of H-pyrrole nitrogens is 1. The van der Waals surface area contributed by atoms with Gasteiger partial charge in [-0.3, -0.25) is 4.79 Å². The van der Waals surface area contributed by atoms with Crippen LogP contribution in [0.1, 0.15) is 29.5 Å². The molecule has 0 fully saturated rings. The molecule has 1 rings (SSSR count). The number of hydrogen-bond acceptors (Lipinski definition) is 5. The standard InChI is InChI=1S/C12H18N2O4/c1-3-18-11(15)6-7-13-8-9-4-5-10(14-9)12(16)17-2/h4-5,13-14H,3,6-8H2,1-2H3. The van der Waals surface area contributed by atoms with Gasteiger partial charge in [0.1, 0.15) is 5.69 Å². The Morgan fingerprint density at radius 2 is 2.17 bits per heavy atom. The fourth-order valence-corrected chi connectivity index (χ4v) is 1.42. The zero-order chi connectivity index (χ0) is 13.4. The second-order valence-electron chi connectivity index (χ2n) is 3.62. The molecule has 2 N–H and O–H groups in total. The summed E-state index contributed by atoms with van der Waals surface area (Å²) in [6.07, 6.45) is 0.332. The summed E-state index contributed by atoms with van der Waals surface area (Å²) in [6.45, 7) is 3.26. The Balaban J connectivity index is 2.25. The Hall–Kier alpha value is -1.82. The van der Waals surface area contributed by atoms with E-state index in [1.54, 1.807) is 19.1 Å². The number of rotatable bonds is 7. The van der Waals surface area contributed by atoms with Gasteiger partial charge in [-0.05, 0) is 19.1 Å². The van der Waals surface area contributed by atoms with Crippen molar-refractivity contribution < 1.29 is 19.1 Å². The predicted octanol–water partition coefficient (Wildman–Crippen LogP) is 0.844. The molecule has 0 aliphatic heterocycles. The molecule has 100 valence electrons. The lowest BCUT2D eigenvalue weighted by atomic mass is 10.4. The van der Waals surface area contributed by atoms with Crippen LogP contribution in [0.4, 0.5) is 0 Å². The number of aromatic nitrogens is 1. The van der Waals surface area contributed by atoms with Crippen LogP contribution in [0.2, 0.25) is 0 Å². The van der Waals surface area contributed by atoms with Gasteiger partial charge in [-0.1, -0.05) is 0 Å². The molecular weight excluding hydrogens is 236 g/mol. The number of carbonyl (C=O) groups excluding carboxylic acids is 2. The van der Waals surface area contributed by atoms with Crippen LogP contribution < -0.4 is 5.32 Å². The van der Waals surface area contributed by atoms with Crippen molar-refractivity contribution in [2.75, 3.05) is 20.3 Å². The highest BCUT2D eigenvalue weighted by Gasteiger charge is 2.07. The van der Waals surface area contributed by atoms with Crippen molar-refractivity contribution in [3.05, 3.63) is 23.5 Å². The summed E-state index contributed by atoms with van der Waals surface area (Å²) in [4.78, 5) is 25.2. The third kappa shape index (κ3) is 4.58. The normalized spacial score (nSPS) is 10.1. The van der Waals surface area contributed by atoms with Crippen LogP contribution >= 0.6 is 0 Å². The Morgan fingerprint density at radius 1 is 1.39 bits per heavy atom. The van der Waals surface area contributed by atoms with Gasteiger partial charge >= 0.3 is 11.9 Å². The first-order chi connectivity index (χ1) is 8.67. The number of ether oxygens (including phenoxy) is 2. The summed E-state index contributed by atoms with van der Waals surface area (Å²) in [5.74, 6) is -0.612. The molecule has 0 atom stereocenters. The molecule has 0 aromatic carbocycles. The molecule has 6 nitrogen and oxygen atoms in total. The topological polar surface area (TPSA) is 80.4 Å². The van der Waals surface area contributed by atoms with Crippen molar-refractivity contribution in [1.82, 2.24) is 10.3 Å². The zero-order valence-corrected chi connectivity index (χ0v) is 10.6. The second-order valence-corrected chi connectivity index (χ2v) is 3.62. The van der Waals surface area contributed by atoms with Gasteiger partial charge in [0.25, 0.3) is 0 Å². The maximum Gasteiger partial charge on any atom is 0.354 e. The van der Waals surface area contributed by atoms with Gasteiger partial charge in [-0.15, -0.1) is 0 Å². The van der Waals surface area contributed by atoms with Gasteiger partial charge in [0, 0.05) is 18.8 Å². The molecule has 0 unspecified atom stereocenters. The highest BCUT2D eigenvalue weighted by Crippen LogP contribution is 2.03. The van der Waals surface area contributed by atoms with Crippen LogP contribution in [-0.2, 0) is 20.8 Å². The van der Waals surface area contributed by atoms with Crippen molar-refractivity contribution >= 4 is 11.9 Å². The largest absolute Gasteiger partial charge is 0.466 e. The third-order valence-electron chi connectivity index (χ3n) is 2.28. The van der Waals surface area contributed by atoms with E-state index in [-0.39, 0.29) is 5.97 Å². The molecule has 0 amide bonds. The number of aromatic amines is 1. The summed E-state index contributed by atoms with van der Waals surface area (Å²) in [6, 6.07) is 3.46. The summed E-state index contributed by atoms with van der Waals surface area (Å²) in [7, 11) is 1.33. The monoisotopic (exact) mass is 254 g/mol. The molecule has 0 spiro atoms. The Labute approximate surface area is 106 Å². The van der Waals surface area contributed by atoms with Crippen molar-refractivity contribution in [3.63, 3.8) is 0 Å². The van der Waals surface area contributed by atoms with E-state index < -0.39 is 5.97 Å². The average Bonchev–Trinajstić information content (AvgIpc) is 2.83. The van der Waals surface area contributed by atoms with Gasteiger partial charge in [-0.2, -0.15) is 0 Å². The molecule has 1 aromatic heterocycles. The highest BCUT2D eigenvalue weighted by atomic mass is 16.5. The molecule has 1 aromatic rings. The number of carbonyl (C=O) groups is 2. The van der Waals surface area contributed by atoms with E-state index in [9.17, 15) is 9.59 Å². The van der Waals surface area contributed by atoms with Crippen molar-refractivity contribution in [1.29, 1.82) is 0 Å². The van der Waals surface area contributed by atoms with Crippen LogP contribution in [0.3, 0.4) is 0 Å². The Bertz CT molecular complexity index is 401. The fraction of sp³-hybridized carbons (Fsp3) is 0.500. The molecule has 1 heterocycles. The van der Waals surface area contributed by atoms with Gasteiger partial charge in [-0.25, -0.2) is 4.79 Å². The van der Waals surface area contributed by atoms with Gasteiger partial charge < -0.3 is 19.8 Å². The van der Waals surface area contributed by atoms with Gasteiger partial charge in [0.05, 0.1) is 20.1 Å². The molecule has 18 heavy (non-hydrogen) atoms. The second kappa shape index (κ2) is 7.50. The highest BCUT2D eigenvalue weighted by molar-refractivity contribution is 5.87. The SMILES string of the molecule is CCOC(=O)CCNCc1ccc(C(=O)OC)[nH]1. The molecular formula is C12H18N2O4. The third-order valence-corrected chi connectivity index (χ3v) is 2.28. The van der Waals surface area contributed by atoms with E-state index in [0.717, 1.165) is 5.69 Å². The summed E-state index contributed by atoms with van der Waals surface area (Å²) in [5, 5.41) is 3.08. The maximum atomic E-state index is 11.2. The number of hydrogen-bond donors (Lipinski definition) is 2. The molecule has 6 heteroatoms. The minimum atomic E-state index is -0.396. The van der Waals surface area contributed by atoms with E-state index in [1.165, 1.54) is 7.11 Å². The number of methoxy groups -OCH3 is 1. The van der Waals surface area contributed by atoms with Crippen LogP contribution in [-0.4, -0.2) is 37.2 Å². The molecule has 0 aliphatic carbocycles. The van der Waals surface area contributed by atoms with Crippen LogP contribution in [0.15, 0.2) is 12.1 Å². The zero-order valence-electron chi connectivity index (χ0n) is 10.6. The number of nitrogens with one attached hydrogen (secondary N) is 2. The van der Waals surface area contributed by atoms with Crippen molar-refractivity contribution in [2.45, 2.75) is 19.9 Å². The Morgan fingerprint density at radius 3 is 2.83 bits per heavy atom. The molecule has 0 saturated heterocycles. The summed E-state index contributed by atoms with van der Waals surface area (Å²) in [5.41, 5.74) is 1.28. The lowest BCUT2D eigenvalue weighted by Gasteiger charge is -2.03. The minimum absolute atomic E-state index is 0.216. The molecule has 0 bridgehead atoms. The first-order valence-electron chi connectivity index (χ1n) is 5.80. The van der Waals surface area contributed by atoms with E-state index >= 15 is 0 Å². The van der Waals surface area contributed by atoms with Crippen LogP contribution in [0, 0.1) is 0 Å². The van der Waals surface area contributed by atoms with E-state index in [0.29, 0.717) is 31.8 Å². The quantitative estimate of drug-likeness (QED) is 0.557. The lowest BCUT2D eigenvalue weighted by Crippen LogP contribution is -2.19. The summed E-state index contributed by atoms with van der Waals surface area (Å²) >= 11 is 0. The Kier molecular flexibility index (Phi) is 5.93. The van der Waals surface area contributed by atoms with Crippen molar-refractivity contribution in [3.8, 4) is 0 Å². The molecule has 0 saturated carbocycles. The van der Waals surface area contributed by atoms with E-state index in [4.69, 9.17) is 4.74 Å². The van der Waals surface area contributed by atoms with E-state index in [2.05, 4.69) is 15.0 Å². The molecule has 0 aliphatic rings. The van der Waals surface area contributed by atoms with Crippen LogP contribution in [0.5, 0.6) is 0 Å². The van der Waals surface area contributed by atoms with Gasteiger partial charge in [0.2, 0.25) is 0 Å². The van der Waals surface area contributed by atoms with Crippen molar-refractivity contribution in [2.24, 2.45) is 0 Å². The number of esters is 2. The minimum Gasteiger partial charge on any atom is -0.466 e. The maximum absolute atomic E-state index is 11.2. The first-order valence-corrected chi connectivity index (χ1v) is 5.80. The average molecular weight is 254 g/mol. The smallest absolute Gasteiger partial charge is 0.354 e. The van der Waals surface area contributed by atoms with Gasteiger partial charge in [0.15, 0.2) is 0 Å². The summed E-state index contributed by atoms with van der Waals surface area (Å²) < 4.78 is 9.38. The molecule has 0 radical (unpaired) electrons. The van der Waals surface area contributed by atoms with Crippen LogP contribution in [0.25, 0.3) is 0 Å². The lowest BCUT2D eigenvalue weighted by molar-refractivity contribution is -0.142.